The molecule has 0 aromatic heterocycles. The predicted octanol–water partition coefficient (Wildman–Crippen LogP) is 2.08. The Kier molecular flexibility index (Phi) is 2.99. The van der Waals surface area contributed by atoms with Crippen LogP contribution in [0.2, 0.25) is 0 Å². The van der Waals surface area contributed by atoms with E-state index in [1.54, 1.807) is 6.07 Å². The minimum absolute atomic E-state index is 0.00170. The van der Waals surface area contributed by atoms with Crippen LogP contribution in [0.4, 0.5) is 5.69 Å². The lowest BCUT2D eigenvalue weighted by molar-refractivity contribution is 0.0697. The Morgan fingerprint density at radius 2 is 1.88 bits per heavy atom. The molecule has 1 aromatic carbocycles. The van der Waals surface area contributed by atoms with E-state index in [-0.39, 0.29) is 11.3 Å². The maximum atomic E-state index is 11.1. The number of nitrogens with zero attached hydrogens (tertiary/aromatic N) is 1. The first-order chi connectivity index (χ1) is 7.68. The highest BCUT2D eigenvalue weighted by Crippen LogP contribution is 2.27. The standard InChI is InChI=1S/C12H15NO3/c14-9-4-5-11(10(8-9)12(15)16)13-6-2-1-3-7-13/h4-5,8,14H,1-3,6-7H2,(H,15,16). The fraction of sp³-hybridized carbons (Fsp3) is 0.417. The Bertz CT molecular complexity index is 397. The first-order valence-corrected chi connectivity index (χ1v) is 5.50. The highest BCUT2D eigenvalue weighted by Gasteiger charge is 2.18. The zero-order valence-corrected chi connectivity index (χ0v) is 9.02. The minimum Gasteiger partial charge on any atom is -0.508 e. The monoisotopic (exact) mass is 221 g/mol. The second kappa shape index (κ2) is 4.43. The topological polar surface area (TPSA) is 60.8 Å². The smallest absolute Gasteiger partial charge is 0.337 e. The lowest BCUT2D eigenvalue weighted by Crippen LogP contribution is -2.30. The quantitative estimate of drug-likeness (QED) is 0.802. The van der Waals surface area contributed by atoms with Crippen LogP contribution in [0.5, 0.6) is 5.75 Å². The zero-order valence-electron chi connectivity index (χ0n) is 9.02. The Morgan fingerprint density at radius 3 is 2.50 bits per heavy atom. The molecule has 16 heavy (non-hydrogen) atoms. The van der Waals surface area contributed by atoms with E-state index in [4.69, 9.17) is 5.11 Å². The number of hydrogen-bond donors (Lipinski definition) is 2. The van der Waals surface area contributed by atoms with Gasteiger partial charge in [0.05, 0.1) is 11.3 Å². The molecule has 4 nitrogen and oxygen atoms in total. The number of phenols is 1. The Balaban J connectivity index is 2.34. The van der Waals surface area contributed by atoms with Crippen LogP contribution >= 0.6 is 0 Å². The van der Waals surface area contributed by atoms with Crippen LogP contribution in [0.15, 0.2) is 18.2 Å². The molecule has 1 saturated heterocycles. The third-order valence-electron chi connectivity index (χ3n) is 2.91. The summed E-state index contributed by atoms with van der Waals surface area (Å²) < 4.78 is 0. The molecular weight excluding hydrogens is 206 g/mol. The van der Waals surface area contributed by atoms with Crippen molar-refractivity contribution in [2.75, 3.05) is 18.0 Å². The number of benzene rings is 1. The lowest BCUT2D eigenvalue weighted by atomic mass is 10.1. The average Bonchev–Trinajstić information content (AvgIpc) is 2.30. The average molecular weight is 221 g/mol. The third kappa shape index (κ3) is 2.10. The molecule has 86 valence electrons. The van der Waals surface area contributed by atoms with Crippen molar-refractivity contribution in [2.45, 2.75) is 19.3 Å². The second-order valence-corrected chi connectivity index (χ2v) is 4.05. The van der Waals surface area contributed by atoms with Gasteiger partial charge in [-0.1, -0.05) is 0 Å². The highest BCUT2D eigenvalue weighted by molar-refractivity contribution is 5.95. The number of rotatable bonds is 2. The summed E-state index contributed by atoms with van der Waals surface area (Å²) in [4.78, 5) is 13.2. The van der Waals surface area contributed by atoms with Crippen molar-refractivity contribution in [1.29, 1.82) is 0 Å². The molecule has 0 saturated carbocycles. The molecule has 1 aromatic rings. The molecule has 0 unspecified atom stereocenters. The van der Waals surface area contributed by atoms with Crippen molar-refractivity contribution < 1.29 is 15.0 Å². The van der Waals surface area contributed by atoms with Crippen molar-refractivity contribution in [2.24, 2.45) is 0 Å². The molecule has 2 N–H and O–H groups in total. The molecule has 0 spiro atoms. The summed E-state index contributed by atoms with van der Waals surface area (Å²) in [5, 5.41) is 18.4. The van der Waals surface area contributed by atoms with Crippen LogP contribution in [-0.4, -0.2) is 29.3 Å². The first-order valence-electron chi connectivity index (χ1n) is 5.50. The number of aromatic carboxylic acids is 1. The van der Waals surface area contributed by atoms with Gasteiger partial charge >= 0.3 is 5.97 Å². The van der Waals surface area contributed by atoms with Gasteiger partial charge in [-0.2, -0.15) is 0 Å². The van der Waals surface area contributed by atoms with Crippen molar-refractivity contribution in [3.8, 4) is 5.75 Å². The van der Waals surface area contributed by atoms with Gasteiger partial charge < -0.3 is 15.1 Å². The van der Waals surface area contributed by atoms with Gasteiger partial charge in [-0.15, -0.1) is 0 Å². The minimum atomic E-state index is -0.989. The van der Waals surface area contributed by atoms with Crippen molar-refractivity contribution >= 4 is 11.7 Å². The van der Waals surface area contributed by atoms with E-state index in [2.05, 4.69) is 4.90 Å². The molecule has 0 aliphatic carbocycles. The molecule has 4 heteroatoms. The number of carboxylic acids is 1. The maximum Gasteiger partial charge on any atom is 0.337 e. The summed E-state index contributed by atoms with van der Waals surface area (Å²) >= 11 is 0. The number of phenolic OH excluding ortho intramolecular Hbond substituents is 1. The van der Waals surface area contributed by atoms with Gasteiger partial charge in [-0.3, -0.25) is 0 Å². The molecular formula is C12H15NO3. The number of aromatic hydroxyl groups is 1. The number of piperidine rings is 1. The molecule has 2 rings (SSSR count). The van der Waals surface area contributed by atoms with Crippen LogP contribution in [0, 0.1) is 0 Å². The third-order valence-corrected chi connectivity index (χ3v) is 2.91. The van der Waals surface area contributed by atoms with Crippen LogP contribution in [0.1, 0.15) is 29.6 Å². The number of hydrogen-bond acceptors (Lipinski definition) is 3. The normalized spacial score (nSPS) is 16.1. The first kappa shape index (κ1) is 10.8. The maximum absolute atomic E-state index is 11.1. The van der Waals surface area contributed by atoms with Gasteiger partial charge in [0.25, 0.3) is 0 Å². The SMILES string of the molecule is O=C(O)c1cc(O)ccc1N1CCCCC1. The van der Waals surface area contributed by atoms with Gasteiger partial charge in [0.15, 0.2) is 0 Å². The van der Waals surface area contributed by atoms with Gasteiger partial charge in [0.1, 0.15) is 5.75 Å². The Labute approximate surface area is 94.1 Å². The van der Waals surface area contributed by atoms with Crippen molar-refractivity contribution in [3.05, 3.63) is 23.8 Å². The predicted molar refractivity (Wildman–Crippen MR) is 61.1 cm³/mol. The summed E-state index contributed by atoms with van der Waals surface area (Å²) in [6.45, 7) is 1.79. The van der Waals surface area contributed by atoms with Gasteiger partial charge in [0, 0.05) is 13.1 Å². The van der Waals surface area contributed by atoms with Crippen LogP contribution in [0.25, 0.3) is 0 Å². The summed E-state index contributed by atoms with van der Waals surface area (Å²) in [5.41, 5.74) is 0.895. The fourth-order valence-corrected chi connectivity index (χ4v) is 2.11. The van der Waals surface area contributed by atoms with Gasteiger partial charge in [-0.25, -0.2) is 4.79 Å². The number of carboxylic acid groups (broad SMARTS) is 1. The lowest BCUT2D eigenvalue weighted by Gasteiger charge is -2.29. The largest absolute Gasteiger partial charge is 0.508 e. The summed E-state index contributed by atoms with van der Waals surface area (Å²) in [6, 6.07) is 4.53. The van der Waals surface area contributed by atoms with E-state index >= 15 is 0 Å². The molecule has 0 atom stereocenters. The van der Waals surface area contributed by atoms with E-state index in [1.165, 1.54) is 18.6 Å². The van der Waals surface area contributed by atoms with E-state index < -0.39 is 5.97 Å². The molecule has 1 fully saturated rings. The number of carbonyl (C=O) groups is 1. The summed E-state index contributed by atoms with van der Waals surface area (Å²) in [6.07, 6.45) is 3.40. The van der Waals surface area contributed by atoms with Gasteiger partial charge in [-0.05, 0) is 37.5 Å². The van der Waals surface area contributed by atoms with E-state index in [9.17, 15) is 9.90 Å². The van der Waals surface area contributed by atoms with E-state index in [0.29, 0.717) is 5.69 Å². The van der Waals surface area contributed by atoms with E-state index in [0.717, 1.165) is 25.9 Å². The van der Waals surface area contributed by atoms with Crippen LogP contribution < -0.4 is 4.90 Å². The van der Waals surface area contributed by atoms with Gasteiger partial charge in [0.2, 0.25) is 0 Å². The summed E-state index contributed by atoms with van der Waals surface area (Å²) in [5.74, 6) is -0.991. The molecule has 1 aliphatic heterocycles. The Hall–Kier alpha value is -1.71. The zero-order chi connectivity index (χ0) is 11.5. The second-order valence-electron chi connectivity index (χ2n) is 4.05. The van der Waals surface area contributed by atoms with Crippen molar-refractivity contribution in [1.82, 2.24) is 0 Å². The van der Waals surface area contributed by atoms with Crippen LogP contribution in [0.3, 0.4) is 0 Å². The molecule has 0 bridgehead atoms. The molecule has 0 amide bonds. The van der Waals surface area contributed by atoms with Crippen LogP contribution in [-0.2, 0) is 0 Å². The molecule has 1 aliphatic rings. The summed E-state index contributed by atoms with van der Waals surface area (Å²) in [7, 11) is 0. The van der Waals surface area contributed by atoms with Crippen molar-refractivity contribution in [3.63, 3.8) is 0 Å². The molecule has 1 heterocycles. The fourth-order valence-electron chi connectivity index (χ4n) is 2.11. The van der Waals surface area contributed by atoms with E-state index in [1.807, 2.05) is 0 Å². The highest BCUT2D eigenvalue weighted by atomic mass is 16.4. The number of anilines is 1. The Morgan fingerprint density at radius 1 is 1.19 bits per heavy atom. The molecule has 0 radical (unpaired) electrons.